The second-order valence-corrected chi connectivity index (χ2v) is 4.86. The number of nitrogens with zero attached hydrogens (tertiary/aromatic N) is 2. The van der Waals surface area contributed by atoms with Crippen molar-refractivity contribution in [2.75, 3.05) is 0 Å². The molecule has 2 N–H and O–H groups in total. The van der Waals surface area contributed by atoms with Gasteiger partial charge >= 0.3 is 0 Å². The first-order valence-electron chi connectivity index (χ1n) is 5.58. The van der Waals surface area contributed by atoms with Crippen LogP contribution >= 0.6 is 23.2 Å². The van der Waals surface area contributed by atoms with Crippen molar-refractivity contribution in [3.8, 4) is 11.5 Å². The summed E-state index contributed by atoms with van der Waals surface area (Å²) in [6.45, 7) is 0. The summed E-state index contributed by atoms with van der Waals surface area (Å²) in [5.41, 5.74) is -0.0987. The van der Waals surface area contributed by atoms with Crippen molar-refractivity contribution in [1.29, 1.82) is 0 Å². The van der Waals surface area contributed by atoms with E-state index >= 15 is 0 Å². The Morgan fingerprint density at radius 1 is 1.19 bits per heavy atom. The van der Waals surface area contributed by atoms with Gasteiger partial charge in [-0.1, -0.05) is 23.2 Å². The Labute approximate surface area is 129 Å². The average Bonchev–Trinajstić information content (AvgIpc) is 2.43. The van der Waals surface area contributed by atoms with Crippen molar-refractivity contribution in [3.63, 3.8) is 0 Å². The number of non-ortho nitro benzene ring substituents is 1. The van der Waals surface area contributed by atoms with Crippen LogP contribution in [0.2, 0.25) is 10.0 Å². The molecule has 108 valence electrons. The summed E-state index contributed by atoms with van der Waals surface area (Å²) in [5, 5.41) is 30.3. The highest BCUT2D eigenvalue weighted by molar-refractivity contribution is 6.32. The molecule has 0 bridgehead atoms. The van der Waals surface area contributed by atoms with Gasteiger partial charge in [0.25, 0.3) is 5.69 Å². The summed E-state index contributed by atoms with van der Waals surface area (Å²) in [7, 11) is 0. The number of rotatable bonds is 3. The molecule has 0 aliphatic heterocycles. The maximum Gasteiger partial charge on any atom is 0.273 e. The molecule has 0 aromatic heterocycles. The lowest BCUT2D eigenvalue weighted by Gasteiger charge is -2.02. The van der Waals surface area contributed by atoms with E-state index in [-0.39, 0.29) is 27.9 Å². The van der Waals surface area contributed by atoms with Gasteiger partial charge in [-0.05, 0) is 18.2 Å². The van der Waals surface area contributed by atoms with E-state index in [1.165, 1.54) is 24.4 Å². The molecule has 0 saturated carbocycles. The predicted octanol–water partition coefficient (Wildman–Crippen LogP) is 4.06. The van der Waals surface area contributed by atoms with Gasteiger partial charge in [-0.2, -0.15) is 0 Å². The zero-order valence-corrected chi connectivity index (χ0v) is 11.8. The van der Waals surface area contributed by atoms with Crippen molar-refractivity contribution in [1.82, 2.24) is 0 Å². The number of aliphatic imine (C=N–C) groups is 1. The molecule has 8 heteroatoms. The highest BCUT2D eigenvalue weighted by Gasteiger charge is 2.14. The standard InChI is InChI=1S/C13H8Cl2N2O4/c14-8-1-2-12(18)7(3-8)6-16-11-5-9(17(20)21)4-10(15)13(11)19/h1-6,18-19H. The molecule has 0 radical (unpaired) electrons. The fourth-order valence-corrected chi connectivity index (χ4v) is 1.93. The third-order valence-electron chi connectivity index (χ3n) is 2.57. The van der Waals surface area contributed by atoms with E-state index in [0.717, 1.165) is 12.1 Å². The fourth-order valence-electron chi connectivity index (χ4n) is 1.54. The number of phenols is 2. The van der Waals surface area contributed by atoms with Gasteiger partial charge in [-0.25, -0.2) is 0 Å². The maximum atomic E-state index is 10.7. The van der Waals surface area contributed by atoms with Crippen molar-refractivity contribution < 1.29 is 15.1 Å². The zero-order chi connectivity index (χ0) is 15.6. The molecule has 21 heavy (non-hydrogen) atoms. The summed E-state index contributed by atoms with van der Waals surface area (Å²) in [5.74, 6) is -0.459. The van der Waals surface area contributed by atoms with Gasteiger partial charge in [0.2, 0.25) is 0 Å². The second kappa shape index (κ2) is 5.99. The molecule has 2 rings (SSSR count). The first-order valence-corrected chi connectivity index (χ1v) is 6.33. The minimum Gasteiger partial charge on any atom is -0.507 e. The molecule has 0 amide bonds. The SMILES string of the molecule is O=[N+]([O-])c1cc(Cl)c(O)c(N=Cc2cc(Cl)ccc2O)c1. The van der Waals surface area contributed by atoms with Crippen LogP contribution in [-0.4, -0.2) is 21.4 Å². The Hall–Kier alpha value is -2.31. The summed E-state index contributed by atoms with van der Waals surface area (Å²) in [6, 6.07) is 6.42. The Morgan fingerprint density at radius 2 is 1.90 bits per heavy atom. The number of aromatic hydroxyl groups is 2. The van der Waals surface area contributed by atoms with Gasteiger partial charge in [0.05, 0.1) is 9.95 Å². The number of hydrogen-bond donors (Lipinski definition) is 2. The highest BCUT2D eigenvalue weighted by Crippen LogP contribution is 2.38. The molecular weight excluding hydrogens is 319 g/mol. The van der Waals surface area contributed by atoms with E-state index in [9.17, 15) is 20.3 Å². The van der Waals surface area contributed by atoms with Crippen molar-refractivity contribution >= 4 is 40.8 Å². The molecule has 6 nitrogen and oxygen atoms in total. The quantitative estimate of drug-likeness (QED) is 0.505. The van der Waals surface area contributed by atoms with E-state index < -0.39 is 4.92 Å². The van der Waals surface area contributed by atoms with Crippen LogP contribution in [0.4, 0.5) is 11.4 Å². The van der Waals surface area contributed by atoms with Gasteiger partial charge in [0.1, 0.15) is 11.4 Å². The molecule has 0 heterocycles. The fraction of sp³-hybridized carbons (Fsp3) is 0. The maximum absolute atomic E-state index is 10.7. The zero-order valence-electron chi connectivity index (χ0n) is 10.3. The Bertz CT molecular complexity index is 747. The Morgan fingerprint density at radius 3 is 2.57 bits per heavy atom. The number of hydrogen-bond acceptors (Lipinski definition) is 5. The number of halogens is 2. The van der Waals surface area contributed by atoms with E-state index in [2.05, 4.69) is 4.99 Å². The lowest BCUT2D eigenvalue weighted by Crippen LogP contribution is -1.88. The summed E-state index contributed by atoms with van der Waals surface area (Å²) in [4.78, 5) is 14.0. The van der Waals surface area contributed by atoms with Gasteiger partial charge in [0.15, 0.2) is 5.75 Å². The van der Waals surface area contributed by atoms with Crippen LogP contribution in [0, 0.1) is 10.1 Å². The van der Waals surface area contributed by atoms with Gasteiger partial charge in [0, 0.05) is 28.9 Å². The first kappa shape index (κ1) is 15.1. The van der Waals surface area contributed by atoms with E-state index in [0.29, 0.717) is 10.6 Å². The second-order valence-electron chi connectivity index (χ2n) is 4.01. The lowest BCUT2D eigenvalue weighted by atomic mass is 10.2. The third-order valence-corrected chi connectivity index (χ3v) is 3.09. The Kier molecular flexibility index (Phi) is 4.30. The molecule has 0 fully saturated rings. The molecule has 0 atom stereocenters. The summed E-state index contributed by atoms with van der Waals surface area (Å²) < 4.78 is 0. The van der Waals surface area contributed by atoms with E-state index in [1.807, 2.05) is 0 Å². The van der Waals surface area contributed by atoms with Crippen molar-refractivity contribution in [2.45, 2.75) is 0 Å². The molecule has 0 aliphatic rings. The molecule has 2 aromatic carbocycles. The largest absolute Gasteiger partial charge is 0.507 e. The predicted molar refractivity (Wildman–Crippen MR) is 80.1 cm³/mol. The number of nitro groups is 1. The van der Waals surface area contributed by atoms with Crippen LogP contribution in [0.15, 0.2) is 35.3 Å². The first-order chi connectivity index (χ1) is 9.88. The molecular formula is C13H8Cl2N2O4. The minimum absolute atomic E-state index is 0.0702. The van der Waals surface area contributed by atoms with Crippen LogP contribution in [-0.2, 0) is 0 Å². The van der Waals surface area contributed by atoms with Crippen LogP contribution in [0.1, 0.15) is 5.56 Å². The van der Waals surface area contributed by atoms with Gasteiger partial charge in [-0.3, -0.25) is 15.1 Å². The third kappa shape index (κ3) is 3.42. The Balaban J connectivity index is 2.45. The smallest absolute Gasteiger partial charge is 0.273 e. The number of nitro benzene ring substituents is 1. The highest BCUT2D eigenvalue weighted by atomic mass is 35.5. The molecule has 2 aromatic rings. The minimum atomic E-state index is -0.652. The topological polar surface area (TPSA) is 96.0 Å². The van der Waals surface area contributed by atoms with Crippen molar-refractivity contribution in [2.24, 2.45) is 4.99 Å². The molecule has 0 saturated heterocycles. The lowest BCUT2D eigenvalue weighted by molar-refractivity contribution is -0.384. The number of phenolic OH excluding ortho intramolecular Hbond substituents is 2. The van der Waals surface area contributed by atoms with Crippen LogP contribution in [0.3, 0.4) is 0 Å². The average molecular weight is 327 g/mol. The molecule has 0 spiro atoms. The summed E-state index contributed by atoms with van der Waals surface area (Å²) in [6.07, 6.45) is 1.22. The number of benzene rings is 2. The van der Waals surface area contributed by atoms with Crippen LogP contribution < -0.4 is 0 Å². The van der Waals surface area contributed by atoms with E-state index in [1.54, 1.807) is 0 Å². The monoisotopic (exact) mass is 326 g/mol. The van der Waals surface area contributed by atoms with Gasteiger partial charge in [-0.15, -0.1) is 0 Å². The van der Waals surface area contributed by atoms with Gasteiger partial charge < -0.3 is 10.2 Å². The van der Waals surface area contributed by atoms with Crippen LogP contribution in [0.5, 0.6) is 11.5 Å². The summed E-state index contributed by atoms with van der Waals surface area (Å²) >= 11 is 11.5. The molecule has 0 aliphatic carbocycles. The normalized spacial score (nSPS) is 11.0. The van der Waals surface area contributed by atoms with Crippen LogP contribution in [0.25, 0.3) is 0 Å². The van der Waals surface area contributed by atoms with Crippen molar-refractivity contribution in [3.05, 3.63) is 56.1 Å². The van der Waals surface area contributed by atoms with E-state index in [4.69, 9.17) is 23.2 Å². The molecule has 0 unspecified atom stereocenters.